The minimum absolute atomic E-state index is 0.0128. The van der Waals surface area contributed by atoms with Crippen molar-refractivity contribution < 1.29 is 13.2 Å². The Morgan fingerprint density at radius 3 is 2.36 bits per heavy atom. The van der Waals surface area contributed by atoms with Crippen LogP contribution in [0.4, 0.5) is 5.69 Å². The number of carbonyl (C=O) groups excluding carboxylic acids is 1. The van der Waals surface area contributed by atoms with Gasteiger partial charge in [0, 0.05) is 27.3 Å². The molecule has 5 nitrogen and oxygen atoms in total. The number of halogens is 1. The highest BCUT2D eigenvalue weighted by atomic mass is 79.9. The lowest BCUT2D eigenvalue weighted by Gasteiger charge is -2.14. The van der Waals surface area contributed by atoms with Gasteiger partial charge in [-0.2, -0.15) is 0 Å². The third-order valence-electron chi connectivity index (χ3n) is 4.50. The Labute approximate surface area is 173 Å². The molecule has 0 aliphatic carbocycles. The second-order valence-corrected chi connectivity index (χ2v) is 9.46. The Morgan fingerprint density at radius 2 is 1.75 bits per heavy atom. The third-order valence-corrected chi connectivity index (χ3v) is 5.80. The summed E-state index contributed by atoms with van der Waals surface area (Å²) in [5.41, 5.74) is 4.67. The normalized spacial score (nSPS) is 12.6. The van der Waals surface area contributed by atoms with E-state index < -0.39 is 10.0 Å². The summed E-state index contributed by atoms with van der Waals surface area (Å²) in [5.74, 6) is -0.0635. The summed E-state index contributed by atoms with van der Waals surface area (Å²) in [7, 11) is -3.33. The van der Waals surface area contributed by atoms with Crippen molar-refractivity contribution in [1.82, 2.24) is 4.98 Å². The van der Waals surface area contributed by atoms with Gasteiger partial charge in [0.1, 0.15) is 0 Å². The first-order valence-corrected chi connectivity index (χ1v) is 11.4. The number of anilines is 1. The lowest BCUT2D eigenvalue weighted by Crippen LogP contribution is -2.10. The average molecular weight is 461 g/mol. The van der Waals surface area contributed by atoms with Gasteiger partial charge in [-0.05, 0) is 36.8 Å². The predicted molar refractivity (Wildman–Crippen MR) is 116 cm³/mol. The van der Waals surface area contributed by atoms with Crippen LogP contribution in [0.25, 0.3) is 0 Å². The lowest BCUT2D eigenvalue weighted by molar-refractivity contribution is 0.103. The Bertz CT molecular complexity index is 1120. The van der Waals surface area contributed by atoms with E-state index in [0.29, 0.717) is 16.9 Å². The summed E-state index contributed by atoms with van der Waals surface area (Å²) in [6.45, 7) is 4.01. The maximum atomic E-state index is 12.7. The zero-order chi connectivity index (χ0) is 20.5. The van der Waals surface area contributed by atoms with E-state index in [9.17, 15) is 13.2 Å². The number of nitrogens with one attached hydrogen (secondary N) is 2. The lowest BCUT2D eigenvalue weighted by atomic mass is 9.98. The average Bonchev–Trinajstić information content (AvgIpc) is 3.10. The van der Waals surface area contributed by atoms with E-state index in [2.05, 4.69) is 25.6 Å². The van der Waals surface area contributed by atoms with Crippen molar-refractivity contribution in [2.24, 2.45) is 0 Å². The molecule has 146 valence electrons. The van der Waals surface area contributed by atoms with Crippen LogP contribution in [0, 0.1) is 6.92 Å². The zero-order valence-corrected chi connectivity index (χ0v) is 18.2. The Hall–Kier alpha value is -2.38. The first-order valence-electron chi connectivity index (χ1n) is 8.71. The second-order valence-electron chi connectivity index (χ2n) is 6.85. The summed E-state index contributed by atoms with van der Waals surface area (Å²) >= 11 is 3.52. The van der Waals surface area contributed by atoms with Gasteiger partial charge in [0.2, 0.25) is 15.8 Å². The van der Waals surface area contributed by atoms with Crippen LogP contribution in [0.1, 0.15) is 45.7 Å². The molecule has 0 aliphatic rings. The van der Waals surface area contributed by atoms with E-state index in [4.69, 9.17) is 0 Å². The number of benzene rings is 2. The molecule has 7 heteroatoms. The highest BCUT2D eigenvalue weighted by Crippen LogP contribution is 2.32. The SMILES string of the molecule is Cc1ccc(C(=O)c2ccc(C(C)c3ccc(NS(C)(=O)=O)cc3Br)[nH]2)cc1. The molecular weight excluding hydrogens is 440 g/mol. The maximum absolute atomic E-state index is 12.7. The van der Waals surface area contributed by atoms with Crippen LogP contribution in [-0.4, -0.2) is 25.4 Å². The number of sulfonamides is 1. The molecule has 0 spiro atoms. The summed E-state index contributed by atoms with van der Waals surface area (Å²) < 4.78 is 26.0. The molecule has 0 saturated carbocycles. The van der Waals surface area contributed by atoms with Crippen LogP contribution in [0.15, 0.2) is 59.1 Å². The van der Waals surface area contributed by atoms with Gasteiger partial charge in [-0.25, -0.2) is 8.42 Å². The highest BCUT2D eigenvalue weighted by molar-refractivity contribution is 9.10. The maximum Gasteiger partial charge on any atom is 0.229 e. The van der Waals surface area contributed by atoms with Gasteiger partial charge in [0.25, 0.3) is 0 Å². The monoisotopic (exact) mass is 460 g/mol. The van der Waals surface area contributed by atoms with Crippen LogP contribution in [0.3, 0.4) is 0 Å². The molecule has 0 bridgehead atoms. The molecule has 2 aromatic carbocycles. The van der Waals surface area contributed by atoms with Crippen LogP contribution in [-0.2, 0) is 10.0 Å². The highest BCUT2D eigenvalue weighted by Gasteiger charge is 2.17. The van der Waals surface area contributed by atoms with E-state index in [1.165, 1.54) is 0 Å². The van der Waals surface area contributed by atoms with Crippen molar-refractivity contribution in [1.29, 1.82) is 0 Å². The first kappa shape index (κ1) is 20.4. The standard InChI is InChI=1S/C21H21BrN2O3S/c1-13-4-6-15(7-5-13)21(25)20-11-10-19(23-20)14(2)17-9-8-16(12-18(17)22)24-28(3,26)27/h4-12,14,23-24H,1-3H3. The van der Waals surface area contributed by atoms with Crippen molar-refractivity contribution in [2.75, 3.05) is 11.0 Å². The van der Waals surface area contributed by atoms with Crippen molar-refractivity contribution in [3.05, 3.63) is 87.1 Å². The molecule has 28 heavy (non-hydrogen) atoms. The number of aromatic amines is 1. The van der Waals surface area contributed by atoms with Crippen LogP contribution in [0.2, 0.25) is 0 Å². The predicted octanol–water partition coefficient (Wildman–Crippen LogP) is 4.84. The van der Waals surface area contributed by atoms with Crippen molar-refractivity contribution in [3.63, 3.8) is 0 Å². The number of ketones is 1. The second kappa shape index (κ2) is 7.93. The Balaban J connectivity index is 1.83. The number of aryl methyl sites for hydroxylation is 1. The number of hydrogen-bond acceptors (Lipinski definition) is 3. The largest absolute Gasteiger partial charge is 0.355 e. The topological polar surface area (TPSA) is 79.0 Å². The van der Waals surface area contributed by atoms with Gasteiger partial charge in [-0.3, -0.25) is 9.52 Å². The van der Waals surface area contributed by atoms with Crippen molar-refractivity contribution >= 4 is 37.4 Å². The molecule has 0 radical (unpaired) electrons. The van der Waals surface area contributed by atoms with Gasteiger partial charge in [-0.1, -0.05) is 58.7 Å². The van der Waals surface area contributed by atoms with Gasteiger partial charge < -0.3 is 4.98 Å². The van der Waals surface area contributed by atoms with E-state index >= 15 is 0 Å². The third kappa shape index (κ3) is 4.72. The van der Waals surface area contributed by atoms with Crippen LogP contribution < -0.4 is 4.72 Å². The van der Waals surface area contributed by atoms with Crippen molar-refractivity contribution in [2.45, 2.75) is 19.8 Å². The molecule has 0 amide bonds. The van der Waals surface area contributed by atoms with Crippen molar-refractivity contribution in [3.8, 4) is 0 Å². The van der Waals surface area contributed by atoms with Crippen LogP contribution >= 0.6 is 15.9 Å². The Morgan fingerprint density at radius 1 is 1.07 bits per heavy atom. The fourth-order valence-corrected chi connectivity index (χ4v) is 4.26. The van der Waals surface area contributed by atoms with E-state index in [1.807, 2.05) is 50.2 Å². The molecule has 2 N–H and O–H groups in total. The number of carbonyl (C=O) groups is 1. The van der Waals surface area contributed by atoms with E-state index in [-0.39, 0.29) is 11.7 Å². The summed E-state index contributed by atoms with van der Waals surface area (Å²) in [6.07, 6.45) is 1.11. The Kier molecular flexibility index (Phi) is 5.76. The molecule has 3 aromatic rings. The molecule has 0 fully saturated rings. The van der Waals surface area contributed by atoms with Gasteiger partial charge in [0.15, 0.2) is 0 Å². The van der Waals surface area contributed by atoms with Gasteiger partial charge >= 0.3 is 0 Å². The minimum Gasteiger partial charge on any atom is -0.355 e. The first-order chi connectivity index (χ1) is 13.1. The smallest absolute Gasteiger partial charge is 0.229 e. The molecule has 1 unspecified atom stereocenters. The molecule has 1 heterocycles. The molecular formula is C21H21BrN2O3S. The fraction of sp³-hybridized carbons (Fsp3) is 0.190. The van der Waals surface area contributed by atoms with Gasteiger partial charge in [-0.15, -0.1) is 0 Å². The molecule has 3 rings (SSSR count). The van der Waals surface area contributed by atoms with E-state index in [0.717, 1.165) is 27.5 Å². The van der Waals surface area contributed by atoms with Crippen LogP contribution in [0.5, 0.6) is 0 Å². The molecule has 1 atom stereocenters. The van der Waals surface area contributed by atoms with E-state index in [1.54, 1.807) is 18.2 Å². The minimum atomic E-state index is -3.33. The number of aromatic nitrogens is 1. The molecule has 1 aromatic heterocycles. The summed E-state index contributed by atoms with van der Waals surface area (Å²) in [5, 5.41) is 0. The van der Waals surface area contributed by atoms with Gasteiger partial charge in [0.05, 0.1) is 11.9 Å². The summed E-state index contributed by atoms with van der Waals surface area (Å²) in [4.78, 5) is 15.9. The molecule has 0 saturated heterocycles. The number of H-pyrrole nitrogens is 1. The number of rotatable bonds is 6. The quantitative estimate of drug-likeness (QED) is 0.516. The fourth-order valence-electron chi connectivity index (χ4n) is 2.98. The zero-order valence-electron chi connectivity index (χ0n) is 15.8. The summed E-state index contributed by atoms with van der Waals surface area (Å²) in [6, 6.07) is 16.5. The number of hydrogen-bond donors (Lipinski definition) is 2. The molecule has 0 aliphatic heterocycles.